The molecule has 0 aliphatic rings. The first-order chi connectivity index (χ1) is 8.95. The number of hydrogen-bond acceptors (Lipinski definition) is 4. The molecule has 1 aromatic heterocycles. The van der Waals surface area contributed by atoms with Gasteiger partial charge >= 0.3 is 0 Å². The molecule has 100 valence electrons. The third-order valence-corrected chi connectivity index (χ3v) is 3.81. The molecule has 0 spiro atoms. The summed E-state index contributed by atoms with van der Waals surface area (Å²) in [5.41, 5.74) is 10.1. The van der Waals surface area contributed by atoms with Crippen LogP contribution in [0.3, 0.4) is 0 Å². The van der Waals surface area contributed by atoms with Crippen LogP contribution in [0.15, 0.2) is 34.3 Å². The van der Waals surface area contributed by atoms with Crippen LogP contribution < -0.4 is 5.73 Å². The van der Waals surface area contributed by atoms with Gasteiger partial charge in [-0.1, -0.05) is 19.9 Å². The normalized spacial score (nSPS) is 11.0. The molecule has 4 heteroatoms. The van der Waals surface area contributed by atoms with Crippen LogP contribution in [0.25, 0.3) is 0 Å². The van der Waals surface area contributed by atoms with Crippen molar-refractivity contribution in [2.45, 2.75) is 43.7 Å². The topological polar surface area (TPSA) is 51.8 Å². The highest BCUT2D eigenvalue weighted by Gasteiger charge is 2.08. The van der Waals surface area contributed by atoms with Crippen LogP contribution in [-0.4, -0.2) is 9.97 Å². The monoisotopic (exact) mass is 273 g/mol. The van der Waals surface area contributed by atoms with E-state index < -0.39 is 0 Å². The van der Waals surface area contributed by atoms with Gasteiger partial charge in [-0.15, -0.1) is 0 Å². The van der Waals surface area contributed by atoms with Crippen LogP contribution in [0, 0.1) is 13.8 Å². The average Bonchev–Trinajstić information content (AvgIpc) is 2.30. The van der Waals surface area contributed by atoms with Crippen molar-refractivity contribution in [2.24, 2.45) is 0 Å². The van der Waals surface area contributed by atoms with Crippen molar-refractivity contribution in [3.05, 3.63) is 41.2 Å². The van der Waals surface area contributed by atoms with E-state index in [4.69, 9.17) is 5.73 Å². The third-order valence-electron chi connectivity index (χ3n) is 2.87. The van der Waals surface area contributed by atoms with Gasteiger partial charge in [0.05, 0.1) is 0 Å². The summed E-state index contributed by atoms with van der Waals surface area (Å²) in [5, 5.41) is 0.755. The summed E-state index contributed by atoms with van der Waals surface area (Å²) in [4.78, 5) is 9.91. The van der Waals surface area contributed by atoms with E-state index >= 15 is 0 Å². The van der Waals surface area contributed by atoms with Crippen molar-refractivity contribution in [3.8, 4) is 0 Å². The highest BCUT2D eigenvalue weighted by atomic mass is 32.2. The lowest BCUT2D eigenvalue weighted by Crippen LogP contribution is -1.96. The van der Waals surface area contributed by atoms with Gasteiger partial charge in [-0.05, 0) is 55.3 Å². The molecule has 0 saturated carbocycles. The third kappa shape index (κ3) is 3.47. The van der Waals surface area contributed by atoms with Crippen molar-refractivity contribution >= 4 is 17.4 Å². The zero-order chi connectivity index (χ0) is 14.0. The first-order valence-corrected chi connectivity index (χ1v) is 7.17. The van der Waals surface area contributed by atoms with E-state index in [1.165, 1.54) is 17.3 Å². The maximum absolute atomic E-state index is 6.04. The Bertz CT molecular complexity index is 574. The summed E-state index contributed by atoms with van der Waals surface area (Å²) >= 11 is 1.53. The quantitative estimate of drug-likeness (QED) is 0.679. The van der Waals surface area contributed by atoms with Crippen LogP contribution >= 0.6 is 11.8 Å². The van der Waals surface area contributed by atoms with Gasteiger partial charge in [0.1, 0.15) is 0 Å². The Balaban J connectivity index is 2.34. The van der Waals surface area contributed by atoms with Gasteiger partial charge in [0.15, 0.2) is 5.16 Å². The molecule has 0 bridgehead atoms. The molecule has 0 radical (unpaired) electrons. The van der Waals surface area contributed by atoms with E-state index in [1.54, 1.807) is 0 Å². The Kier molecular flexibility index (Phi) is 4.10. The molecular formula is C15H19N3S. The van der Waals surface area contributed by atoms with Crippen LogP contribution in [-0.2, 0) is 0 Å². The molecular weight excluding hydrogens is 254 g/mol. The number of nitrogens with two attached hydrogens (primary N) is 1. The largest absolute Gasteiger partial charge is 0.398 e. The summed E-state index contributed by atoms with van der Waals surface area (Å²) in [7, 11) is 0. The number of hydrogen-bond donors (Lipinski definition) is 1. The van der Waals surface area contributed by atoms with Gasteiger partial charge in [-0.3, -0.25) is 0 Å². The van der Waals surface area contributed by atoms with E-state index in [9.17, 15) is 0 Å². The maximum Gasteiger partial charge on any atom is 0.192 e. The fraction of sp³-hybridized carbons (Fsp3) is 0.333. The van der Waals surface area contributed by atoms with Crippen LogP contribution in [0.4, 0.5) is 5.69 Å². The van der Waals surface area contributed by atoms with E-state index in [0.717, 1.165) is 27.1 Å². The minimum absolute atomic E-state index is 0.486. The minimum atomic E-state index is 0.486. The highest BCUT2D eigenvalue weighted by Crippen LogP contribution is 2.32. The van der Waals surface area contributed by atoms with Crippen molar-refractivity contribution in [2.75, 3.05) is 5.73 Å². The molecule has 2 aromatic rings. The number of anilines is 1. The second-order valence-electron chi connectivity index (χ2n) is 4.99. The van der Waals surface area contributed by atoms with Crippen LogP contribution in [0.2, 0.25) is 0 Å². The summed E-state index contributed by atoms with van der Waals surface area (Å²) < 4.78 is 0. The Morgan fingerprint density at radius 1 is 1.05 bits per heavy atom. The molecule has 0 fully saturated rings. The van der Waals surface area contributed by atoms with Crippen molar-refractivity contribution < 1.29 is 0 Å². The molecule has 1 heterocycles. The molecule has 2 N–H and O–H groups in total. The summed E-state index contributed by atoms with van der Waals surface area (Å²) in [6, 6.07) is 8.14. The van der Waals surface area contributed by atoms with Gasteiger partial charge < -0.3 is 5.73 Å². The average molecular weight is 273 g/mol. The van der Waals surface area contributed by atoms with E-state index in [-0.39, 0.29) is 0 Å². The Morgan fingerprint density at radius 2 is 1.68 bits per heavy atom. The van der Waals surface area contributed by atoms with E-state index in [0.29, 0.717) is 5.92 Å². The number of rotatable bonds is 3. The van der Waals surface area contributed by atoms with E-state index in [1.807, 2.05) is 26.0 Å². The number of aromatic nitrogens is 2. The Hall–Kier alpha value is -1.55. The Morgan fingerprint density at radius 3 is 2.26 bits per heavy atom. The lowest BCUT2D eigenvalue weighted by atomic mass is 10.0. The predicted molar refractivity (Wildman–Crippen MR) is 80.6 cm³/mol. The molecule has 0 aliphatic heterocycles. The number of aryl methyl sites for hydroxylation is 2. The maximum atomic E-state index is 6.04. The van der Waals surface area contributed by atoms with Crippen LogP contribution in [0.5, 0.6) is 0 Å². The molecule has 2 rings (SSSR count). The van der Waals surface area contributed by atoms with Crippen molar-refractivity contribution in [1.29, 1.82) is 0 Å². The molecule has 0 saturated heterocycles. The fourth-order valence-corrected chi connectivity index (χ4v) is 2.79. The number of benzene rings is 1. The second-order valence-corrected chi connectivity index (χ2v) is 6.00. The smallest absolute Gasteiger partial charge is 0.192 e. The summed E-state index contributed by atoms with van der Waals surface area (Å²) in [5.74, 6) is 0.486. The summed E-state index contributed by atoms with van der Waals surface area (Å²) in [6.45, 7) is 8.31. The lowest BCUT2D eigenvalue weighted by Gasteiger charge is -2.10. The SMILES string of the molecule is Cc1cc(C)nc(Sc2cc(C(C)C)ccc2N)n1. The fourth-order valence-electron chi connectivity index (χ4n) is 1.84. The Labute approximate surface area is 118 Å². The van der Waals surface area contributed by atoms with Crippen molar-refractivity contribution in [1.82, 2.24) is 9.97 Å². The first-order valence-electron chi connectivity index (χ1n) is 6.35. The highest BCUT2D eigenvalue weighted by molar-refractivity contribution is 7.99. The predicted octanol–water partition coefficient (Wildman–Crippen LogP) is 3.95. The van der Waals surface area contributed by atoms with Gasteiger partial charge in [-0.25, -0.2) is 9.97 Å². The van der Waals surface area contributed by atoms with Crippen LogP contribution in [0.1, 0.15) is 36.7 Å². The first kappa shape index (κ1) is 13.9. The molecule has 0 amide bonds. The minimum Gasteiger partial charge on any atom is -0.398 e. The summed E-state index contributed by atoms with van der Waals surface area (Å²) in [6.07, 6.45) is 0. The van der Waals surface area contributed by atoms with Gasteiger partial charge in [0, 0.05) is 22.0 Å². The lowest BCUT2D eigenvalue weighted by molar-refractivity contribution is 0.861. The second kappa shape index (κ2) is 5.61. The molecule has 0 unspecified atom stereocenters. The van der Waals surface area contributed by atoms with E-state index in [2.05, 4.69) is 35.9 Å². The molecule has 3 nitrogen and oxygen atoms in total. The molecule has 19 heavy (non-hydrogen) atoms. The molecule has 1 aromatic carbocycles. The van der Waals surface area contributed by atoms with Crippen molar-refractivity contribution in [3.63, 3.8) is 0 Å². The number of nitrogens with zero attached hydrogens (tertiary/aromatic N) is 2. The zero-order valence-electron chi connectivity index (χ0n) is 11.8. The zero-order valence-corrected chi connectivity index (χ0v) is 12.6. The van der Waals surface area contributed by atoms with Gasteiger partial charge in [-0.2, -0.15) is 0 Å². The van der Waals surface area contributed by atoms with Gasteiger partial charge in [0.2, 0.25) is 0 Å². The van der Waals surface area contributed by atoms with Gasteiger partial charge in [0.25, 0.3) is 0 Å². The number of nitrogen functional groups attached to an aromatic ring is 1. The molecule has 0 aliphatic carbocycles. The molecule has 0 atom stereocenters. The standard InChI is InChI=1S/C15H19N3S/c1-9(2)12-5-6-13(16)14(8-12)19-15-17-10(3)7-11(4)18-15/h5-9H,16H2,1-4H3.